The van der Waals surface area contributed by atoms with E-state index in [2.05, 4.69) is 57.3 Å². The van der Waals surface area contributed by atoms with E-state index in [4.69, 9.17) is 4.74 Å². The van der Waals surface area contributed by atoms with E-state index in [9.17, 15) is 0 Å². The van der Waals surface area contributed by atoms with Crippen LogP contribution in [-0.4, -0.2) is 19.8 Å². The van der Waals surface area contributed by atoms with Crippen molar-refractivity contribution in [1.29, 1.82) is 0 Å². The molecule has 0 amide bonds. The van der Waals surface area contributed by atoms with Crippen LogP contribution >= 0.6 is 0 Å². The zero-order valence-electron chi connectivity index (χ0n) is 11.3. The molecule has 1 heterocycles. The maximum atomic E-state index is 5.25. The van der Waals surface area contributed by atoms with Crippen molar-refractivity contribution >= 4 is 5.69 Å². The Morgan fingerprint density at radius 1 is 1.18 bits per heavy atom. The summed E-state index contributed by atoms with van der Waals surface area (Å²) >= 11 is 0. The van der Waals surface area contributed by atoms with Crippen molar-refractivity contribution in [3.05, 3.63) is 29.8 Å². The van der Waals surface area contributed by atoms with Crippen LogP contribution < -0.4 is 5.32 Å². The van der Waals surface area contributed by atoms with Crippen molar-refractivity contribution < 1.29 is 4.74 Å². The lowest BCUT2D eigenvalue weighted by Gasteiger charge is -2.38. The molecule has 1 N–H and O–H groups in total. The van der Waals surface area contributed by atoms with Crippen LogP contribution in [-0.2, 0) is 10.2 Å². The summed E-state index contributed by atoms with van der Waals surface area (Å²) in [7, 11) is 0. The van der Waals surface area contributed by atoms with Gasteiger partial charge in [0.2, 0.25) is 0 Å². The van der Waals surface area contributed by atoms with Crippen molar-refractivity contribution in [2.45, 2.75) is 33.1 Å². The Morgan fingerprint density at radius 3 is 2.18 bits per heavy atom. The molecular formula is C15H23NO. The Hall–Kier alpha value is -1.02. The largest absolute Gasteiger partial charge is 0.384 e. The van der Waals surface area contributed by atoms with Gasteiger partial charge in [0.1, 0.15) is 0 Å². The van der Waals surface area contributed by atoms with E-state index >= 15 is 0 Å². The average molecular weight is 233 g/mol. The summed E-state index contributed by atoms with van der Waals surface area (Å²) < 4.78 is 5.25. The third kappa shape index (κ3) is 3.01. The van der Waals surface area contributed by atoms with Gasteiger partial charge in [0, 0.05) is 17.6 Å². The molecule has 1 fully saturated rings. The maximum absolute atomic E-state index is 5.25. The van der Waals surface area contributed by atoms with Crippen molar-refractivity contribution in [1.82, 2.24) is 0 Å². The number of anilines is 1. The highest BCUT2D eigenvalue weighted by Gasteiger charge is 2.32. The van der Waals surface area contributed by atoms with Crippen LogP contribution in [0, 0.1) is 5.41 Å². The Kier molecular flexibility index (Phi) is 3.17. The molecule has 2 nitrogen and oxygen atoms in total. The Bertz CT molecular complexity index is 371. The van der Waals surface area contributed by atoms with Crippen LogP contribution in [0.3, 0.4) is 0 Å². The van der Waals surface area contributed by atoms with Crippen molar-refractivity contribution in [2.75, 3.05) is 25.1 Å². The van der Waals surface area contributed by atoms with Gasteiger partial charge in [-0.25, -0.2) is 0 Å². The second kappa shape index (κ2) is 4.34. The first kappa shape index (κ1) is 12.4. The first-order valence-electron chi connectivity index (χ1n) is 6.31. The number of hydrogen-bond acceptors (Lipinski definition) is 2. The fourth-order valence-electron chi connectivity index (χ4n) is 1.96. The monoisotopic (exact) mass is 233 g/mol. The Balaban J connectivity index is 1.94. The van der Waals surface area contributed by atoms with Crippen LogP contribution in [0.15, 0.2) is 24.3 Å². The van der Waals surface area contributed by atoms with E-state index in [0.29, 0.717) is 5.41 Å². The number of benzene rings is 1. The number of rotatable bonds is 3. The van der Waals surface area contributed by atoms with Gasteiger partial charge in [-0.3, -0.25) is 0 Å². The van der Waals surface area contributed by atoms with Crippen LogP contribution in [0.5, 0.6) is 0 Å². The van der Waals surface area contributed by atoms with Gasteiger partial charge < -0.3 is 10.1 Å². The highest BCUT2D eigenvalue weighted by molar-refractivity contribution is 5.46. The third-order valence-corrected chi connectivity index (χ3v) is 3.37. The van der Waals surface area contributed by atoms with Gasteiger partial charge in [-0.2, -0.15) is 0 Å². The van der Waals surface area contributed by atoms with E-state index in [1.165, 1.54) is 11.3 Å². The molecule has 0 saturated carbocycles. The highest BCUT2D eigenvalue weighted by Crippen LogP contribution is 2.27. The fourth-order valence-corrected chi connectivity index (χ4v) is 1.96. The van der Waals surface area contributed by atoms with E-state index in [-0.39, 0.29) is 5.41 Å². The van der Waals surface area contributed by atoms with Gasteiger partial charge in [-0.05, 0) is 23.1 Å². The van der Waals surface area contributed by atoms with Crippen molar-refractivity contribution in [3.8, 4) is 0 Å². The molecule has 1 aromatic carbocycles. The molecule has 2 heteroatoms. The van der Waals surface area contributed by atoms with Gasteiger partial charge in [0.15, 0.2) is 0 Å². The lowest BCUT2D eigenvalue weighted by atomic mass is 9.87. The lowest BCUT2D eigenvalue weighted by Crippen LogP contribution is -2.45. The number of ether oxygens (including phenoxy) is 1. The molecule has 1 aliphatic heterocycles. The molecule has 0 spiro atoms. The topological polar surface area (TPSA) is 21.3 Å². The predicted octanol–water partition coefficient (Wildman–Crippen LogP) is 3.43. The van der Waals surface area contributed by atoms with Crippen LogP contribution in [0.2, 0.25) is 0 Å². The average Bonchev–Trinajstić information content (AvgIpc) is 2.23. The summed E-state index contributed by atoms with van der Waals surface area (Å²) in [5.41, 5.74) is 3.13. The molecule has 94 valence electrons. The van der Waals surface area contributed by atoms with E-state index in [1.807, 2.05) is 0 Å². The van der Waals surface area contributed by atoms with Gasteiger partial charge >= 0.3 is 0 Å². The predicted molar refractivity (Wildman–Crippen MR) is 72.6 cm³/mol. The smallest absolute Gasteiger partial charge is 0.0559 e. The molecule has 1 aliphatic rings. The van der Waals surface area contributed by atoms with Crippen LogP contribution in [0.1, 0.15) is 33.3 Å². The van der Waals surface area contributed by atoms with Gasteiger partial charge in [-0.15, -0.1) is 0 Å². The molecule has 17 heavy (non-hydrogen) atoms. The van der Waals surface area contributed by atoms with E-state index in [0.717, 1.165) is 19.8 Å². The quantitative estimate of drug-likeness (QED) is 0.863. The summed E-state index contributed by atoms with van der Waals surface area (Å²) in [5.74, 6) is 0. The molecule has 1 aromatic rings. The molecule has 0 aromatic heterocycles. The third-order valence-electron chi connectivity index (χ3n) is 3.37. The summed E-state index contributed by atoms with van der Waals surface area (Å²) in [6, 6.07) is 8.76. The number of hydrogen-bond donors (Lipinski definition) is 1. The normalized spacial score (nSPS) is 18.6. The van der Waals surface area contributed by atoms with Gasteiger partial charge in [0.05, 0.1) is 13.2 Å². The first-order chi connectivity index (χ1) is 7.89. The standard InChI is InChI=1S/C15H23NO/c1-14(2,3)12-5-7-13(8-6-12)16-9-15(4)10-17-11-15/h5-8,16H,9-11H2,1-4H3. The zero-order chi connectivity index (χ0) is 12.5. The minimum Gasteiger partial charge on any atom is -0.384 e. The fraction of sp³-hybridized carbons (Fsp3) is 0.600. The zero-order valence-corrected chi connectivity index (χ0v) is 11.3. The molecule has 0 bridgehead atoms. The molecule has 1 saturated heterocycles. The molecule has 0 atom stereocenters. The first-order valence-corrected chi connectivity index (χ1v) is 6.31. The molecule has 2 rings (SSSR count). The summed E-state index contributed by atoms with van der Waals surface area (Å²) in [5, 5.41) is 3.49. The Labute approximate surface area is 104 Å². The molecule has 0 unspecified atom stereocenters. The number of nitrogens with one attached hydrogen (secondary N) is 1. The lowest BCUT2D eigenvalue weighted by molar-refractivity contribution is -0.0924. The van der Waals surface area contributed by atoms with E-state index < -0.39 is 0 Å². The van der Waals surface area contributed by atoms with Crippen molar-refractivity contribution in [3.63, 3.8) is 0 Å². The minimum absolute atomic E-state index is 0.228. The molecular weight excluding hydrogens is 210 g/mol. The van der Waals surface area contributed by atoms with E-state index in [1.54, 1.807) is 0 Å². The van der Waals surface area contributed by atoms with Crippen LogP contribution in [0.25, 0.3) is 0 Å². The SMILES string of the molecule is CC1(CNc2ccc(C(C)(C)C)cc2)COC1. The van der Waals surface area contributed by atoms with Gasteiger partial charge in [-0.1, -0.05) is 39.8 Å². The Morgan fingerprint density at radius 2 is 1.76 bits per heavy atom. The molecule has 0 radical (unpaired) electrons. The van der Waals surface area contributed by atoms with Gasteiger partial charge in [0.25, 0.3) is 0 Å². The highest BCUT2D eigenvalue weighted by atomic mass is 16.5. The van der Waals surface area contributed by atoms with Crippen LogP contribution in [0.4, 0.5) is 5.69 Å². The summed E-state index contributed by atoms with van der Waals surface area (Å²) in [6.07, 6.45) is 0. The second-order valence-corrected chi connectivity index (χ2v) is 6.48. The van der Waals surface area contributed by atoms with Crippen molar-refractivity contribution in [2.24, 2.45) is 5.41 Å². The second-order valence-electron chi connectivity index (χ2n) is 6.48. The summed E-state index contributed by atoms with van der Waals surface area (Å²) in [6.45, 7) is 11.7. The summed E-state index contributed by atoms with van der Waals surface area (Å²) in [4.78, 5) is 0. The maximum Gasteiger partial charge on any atom is 0.0559 e. The molecule has 0 aliphatic carbocycles. The minimum atomic E-state index is 0.228.